The maximum atomic E-state index is 14.8. The molecule has 3 nitrogen and oxygen atoms in total. The molecule has 0 aliphatic heterocycles. The number of rotatable bonds is 11. The van der Waals surface area contributed by atoms with Crippen LogP contribution in [0, 0.1) is 28.1 Å². The number of fused-ring (bicyclic) bond motifs is 2. The van der Waals surface area contributed by atoms with E-state index in [0.29, 0.717) is 24.8 Å². The molecule has 1 fully saturated rings. The Labute approximate surface area is 233 Å². The molecule has 1 N–H and O–H groups in total. The Morgan fingerprint density at radius 3 is 1.97 bits per heavy atom. The van der Waals surface area contributed by atoms with Crippen molar-refractivity contribution in [2.45, 2.75) is 121 Å². The van der Waals surface area contributed by atoms with Gasteiger partial charge in [-0.25, -0.2) is 0 Å². The summed E-state index contributed by atoms with van der Waals surface area (Å²) in [7, 11) is 0. The number of Topliss-reactive ketones (excluding diaryl/α,β-unsaturated/α-hetero) is 2. The molecule has 4 atom stereocenters. The highest BCUT2D eigenvalue weighted by Gasteiger charge is 2.70. The van der Waals surface area contributed by atoms with Gasteiger partial charge in [-0.1, -0.05) is 67.4 Å². The topological polar surface area (TPSA) is 54.4 Å². The summed E-state index contributed by atoms with van der Waals surface area (Å²) >= 11 is 0. The van der Waals surface area contributed by atoms with Crippen LogP contribution in [0.25, 0.3) is 0 Å². The molecule has 38 heavy (non-hydrogen) atoms. The molecule has 1 unspecified atom stereocenters. The summed E-state index contributed by atoms with van der Waals surface area (Å²) in [6, 6.07) is 0. The van der Waals surface area contributed by atoms with Gasteiger partial charge < -0.3 is 5.11 Å². The highest BCUT2D eigenvalue weighted by molar-refractivity contribution is 6.17. The first-order valence-electron chi connectivity index (χ1n) is 14.6. The zero-order chi connectivity index (χ0) is 29.1. The fourth-order valence-corrected chi connectivity index (χ4v) is 6.95. The molecule has 0 saturated heterocycles. The van der Waals surface area contributed by atoms with E-state index in [1.807, 2.05) is 33.8 Å². The molecule has 0 amide bonds. The minimum absolute atomic E-state index is 0.0490. The maximum Gasteiger partial charge on any atom is 0.176 e. The van der Waals surface area contributed by atoms with Gasteiger partial charge in [-0.2, -0.15) is 0 Å². The lowest BCUT2D eigenvalue weighted by Gasteiger charge is -2.63. The van der Waals surface area contributed by atoms with Gasteiger partial charge in [-0.05, 0) is 112 Å². The van der Waals surface area contributed by atoms with Gasteiger partial charge in [0, 0.05) is 16.9 Å². The Kier molecular flexibility index (Phi) is 10.4. The van der Waals surface area contributed by atoms with Crippen molar-refractivity contribution in [1.82, 2.24) is 0 Å². The molecular formula is C35H54O3. The van der Waals surface area contributed by atoms with E-state index in [0.717, 1.165) is 31.3 Å². The van der Waals surface area contributed by atoms with Gasteiger partial charge in [0.1, 0.15) is 11.5 Å². The van der Waals surface area contributed by atoms with Crippen LogP contribution < -0.4 is 0 Å². The molecule has 3 heteroatoms. The second kappa shape index (κ2) is 12.3. The largest absolute Gasteiger partial charge is 0.511 e. The monoisotopic (exact) mass is 522 g/mol. The van der Waals surface area contributed by atoms with E-state index in [1.165, 1.54) is 16.7 Å². The molecule has 2 rings (SSSR count). The standard InChI is InChI=1S/C35H54O3/c1-23(2)13-12-19-33(11)28(16-14-24(3)4)21-34(20-18-26(7)8)22-35(33,30(36)27(9)10)32(38)29(31(34)37)17-15-25(5)6/h13-15,18,27-28,37H,12,16-17,19-22H2,1-11H3/t28-,33-,34?,35+/m1/s1. The molecule has 2 bridgehead atoms. The van der Waals surface area contributed by atoms with Crippen LogP contribution in [0.1, 0.15) is 121 Å². The molecule has 0 aromatic rings. The molecule has 0 spiro atoms. The average molecular weight is 523 g/mol. The van der Waals surface area contributed by atoms with Gasteiger partial charge in [0.25, 0.3) is 0 Å². The fraction of sp³-hybridized carbons (Fsp3) is 0.657. The number of allylic oxidation sites excluding steroid dienone is 10. The molecule has 0 aromatic carbocycles. The van der Waals surface area contributed by atoms with Gasteiger partial charge in [0.2, 0.25) is 0 Å². The molecule has 212 valence electrons. The Hall–Kier alpha value is -2.16. The molecule has 0 radical (unpaired) electrons. The Morgan fingerprint density at radius 1 is 0.921 bits per heavy atom. The van der Waals surface area contributed by atoms with Crippen molar-refractivity contribution in [3.8, 4) is 0 Å². The number of hydrogen-bond donors (Lipinski definition) is 1. The molecule has 1 saturated carbocycles. The zero-order valence-electron chi connectivity index (χ0n) is 26.2. The van der Waals surface area contributed by atoms with Crippen LogP contribution in [-0.4, -0.2) is 16.7 Å². The quantitative estimate of drug-likeness (QED) is 0.217. The van der Waals surface area contributed by atoms with Gasteiger partial charge in [-0.3, -0.25) is 9.59 Å². The predicted molar refractivity (Wildman–Crippen MR) is 161 cm³/mol. The Morgan fingerprint density at radius 2 is 1.47 bits per heavy atom. The highest BCUT2D eigenvalue weighted by Crippen LogP contribution is 2.69. The summed E-state index contributed by atoms with van der Waals surface area (Å²) in [4.78, 5) is 29.3. The van der Waals surface area contributed by atoms with Gasteiger partial charge in [0.05, 0.1) is 5.41 Å². The van der Waals surface area contributed by atoms with Crippen LogP contribution in [0.15, 0.2) is 57.9 Å². The average Bonchev–Trinajstić information content (AvgIpc) is 2.80. The summed E-state index contributed by atoms with van der Waals surface area (Å²) in [6.45, 7) is 22.7. The lowest BCUT2D eigenvalue weighted by molar-refractivity contribution is -0.173. The third-order valence-corrected chi connectivity index (χ3v) is 9.15. The van der Waals surface area contributed by atoms with Crippen molar-refractivity contribution in [3.05, 3.63) is 57.9 Å². The number of carbonyl (C=O) groups excluding carboxylic acids is 2. The first kappa shape index (κ1) is 32.1. The van der Waals surface area contributed by atoms with E-state index in [-0.39, 0.29) is 29.2 Å². The molecule has 2 aliphatic rings. The second-order valence-electron chi connectivity index (χ2n) is 13.7. The number of aliphatic hydroxyl groups excluding tert-OH is 1. The highest BCUT2D eigenvalue weighted by atomic mass is 16.3. The minimum atomic E-state index is -1.15. The zero-order valence-corrected chi connectivity index (χ0v) is 26.2. The summed E-state index contributed by atoms with van der Waals surface area (Å²) in [5.74, 6) is -0.0113. The van der Waals surface area contributed by atoms with E-state index in [4.69, 9.17) is 0 Å². The fourth-order valence-electron chi connectivity index (χ4n) is 6.95. The van der Waals surface area contributed by atoms with Crippen LogP contribution in [0.3, 0.4) is 0 Å². The van der Waals surface area contributed by atoms with Crippen molar-refractivity contribution >= 4 is 11.6 Å². The lowest BCUT2D eigenvalue weighted by Crippen LogP contribution is -2.65. The van der Waals surface area contributed by atoms with Crippen molar-refractivity contribution < 1.29 is 14.7 Å². The number of hydrogen-bond acceptors (Lipinski definition) is 3. The van der Waals surface area contributed by atoms with E-state index in [2.05, 4.69) is 66.7 Å². The van der Waals surface area contributed by atoms with Crippen LogP contribution in [0.2, 0.25) is 0 Å². The SMILES string of the molecule is CC(C)=CCC[C@]1(C)[C@H](CC=C(C)C)CC2(CC=C(C)C)C[C@]1(C(=O)C(C)C)C(=O)C(CC=C(C)C)=C2O. The number of ketones is 2. The van der Waals surface area contributed by atoms with Crippen molar-refractivity contribution in [3.63, 3.8) is 0 Å². The van der Waals surface area contributed by atoms with Crippen LogP contribution >= 0.6 is 0 Å². The summed E-state index contributed by atoms with van der Waals surface area (Å²) < 4.78 is 0. The first-order chi connectivity index (χ1) is 17.5. The van der Waals surface area contributed by atoms with Crippen LogP contribution in [0.4, 0.5) is 0 Å². The molecule has 0 heterocycles. The van der Waals surface area contributed by atoms with E-state index >= 15 is 0 Å². The molecule has 2 aliphatic carbocycles. The minimum Gasteiger partial charge on any atom is -0.511 e. The molecule has 0 aromatic heterocycles. The lowest BCUT2D eigenvalue weighted by atomic mass is 9.38. The molecular weight excluding hydrogens is 468 g/mol. The smallest absolute Gasteiger partial charge is 0.176 e. The van der Waals surface area contributed by atoms with E-state index in [1.54, 1.807) is 0 Å². The Bertz CT molecular complexity index is 1060. The van der Waals surface area contributed by atoms with Gasteiger partial charge >= 0.3 is 0 Å². The van der Waals surface area contributed by atoms with Gasteiger partial charge in [-0.15, -0.1) is 0 Å². The Balaban J connectivity index is 2.98. The summed E-state index contributed by atoms with van der Waals surface area (Å²) in [5.41, 5.74) is 2.96. The third kappa shape index (κ3) is 6.18. The van der Waals surface area contributed by atoms with Crippen LogP contribution in [-0.2, 0) is 9.59 Å². The number of carbonyl (C=O) groups is 2. The van der Waals surface area contributed by atoms with Crippen molar-refractivity contribution in [2.75, 3.05) is 0 Å². The van der Waals surface area contributed by atoms with Gasteiger partial charge in [0.15, 0.2) is 5.78 Å². The predicted octanol–water partition coefficient (Wildman–Crippen LogP) is 9.81. The number of aliphatic hydroxyl groups is 1. The van der Waals surface area contributed by atoms with Crippen LogP contribution in [0.5, 0.6) is 0 Å². The third-order valence-electron chi connectivity index (χ3n) is 9.15. The van der Waals surface area contributed by atoms with E-state index in [9.17, 15) is 14.7 Å². The van der Waals surface area contributed by atoms with Crippen molar-refractivity contribution in [2.24, 2.45) is 28.1 Å². The normalized spacial score (nSPS) is 28.6. The van der Waals surface area contributed by atoms with Crippen molar-refractivity contribution in [1.29, 1.82) is 0 Å². The summed E-state index contributed by atoms with van der Waals surface area (Å²) in [5, 5.41) is 11.9. The maximum absolute atomic E-state index is 14.8. The van der Waals surface area contributed by atoms with E-state index < -0.39 is 16.2 Å². The second-order valence-corrected chi connectivity index (χ2v) is 13.7. The first-order valence-corrected chi connectivity index (χ1v) is 14.6. The summed E-state index contributed by atoms with van der Waals surface area (Å²) in [6.07, 6.45) is 13.3.